The zero-order valence-corrected chi connectivity index (χ0v) is 22.1. The van der Waals surface area contributed by atoms with Gasteiger partial charge in [0.05, 0.1) is 17.9 Å². The van der Waals surface area contributed by atoms with Crippen molar-refractivity contribution < 1.29 is 13.7 Å². The third-order valence-corrected chi connectivity index (χ3v) is 5.95. The number of anilines is 3. The average molecular weight is 541 g/mol. The van der Waals surface area contributed by atoms with Crippen LogP contribution in [0.3, 0.4) is 0 Å². The fourth-order valence-corrected chi connectivity index (χ4v) is 3.85. The Hall–Kier alpha value is -5.33. The molecule has 1 amide bonds. The van der Waals surface area contributed by atoms with Crippen LogP contribution in [0.15, 0.2) is 59.5 Å². The van der Waals surface area contributed by atoms with Crippen molar-refractivity contribution in [3.8, 4) is 22.6 Å². The molecule has 202 valence electrons. The Morgan fingerprint density at radius 3 is 2.52 bits per heavy atom. The Morgan fingerprint density at radius 2 is 1.82 bits per heavy atom. The second-order valence-corrected chi connectivity index (χ2v) is 8.91. The molecule has 0 saturated carbocycles. The third-order valence-electron chi connectivity index (χ3n) is 5.95. The van der Waals surface area contributed by atoms with E-state index in [1.165, 1.54) is 18.5 Å². The van der Waals surface area contributed by atoms with Crippen LogP contribution in [0.4, 0.5) is 22.2 Å². The molecule has 5 aromatic rings. The molecule has 5 aromatic heterocycles. The van der Waals surface area contributed by atoms with Gasteiger partial charge >= 0.3 is 6.01 Å². The molecule has 1 unspecified atom stereocenters. The number of aryl methyl sites for hydroxylation is 2. The van der Waals surface area contributed by atoms with Crippen LogP contribution in [0.1, 0.15) is 40.4 Å². The zero-order valence-electron chi connectivity index (χ0n) is 22.1. The van der Waals surface area contributed by atoms with E-state index in [0.717, 1.165) is 5.56 Å². The van der Waals surface area contributed by atoms with Crippen molar-refractivity contribution in [2.24, 2.45) is 0 Å². The number of rotatable bonds is 8. The van der Waals surface area contributed by atoms with Crippen molar-refractivity contribution in [1.29, 1.82) is 0 Å². The fraction of sp³-hybridized carbons (Fsp3) is 0.185. The lowest BCUT2D eigenvalue weighted by atomic mass is 10.1. The number of halogens is 1. The van der Waals surface area contributed by atoms with Gasteiger partial charge < -0.3 is 20.5 Å². The summed E-state index contributed by atoms with van der Waals surface area (Å²) >= 11 is 0. The van der Waals surface area contributed by atoms with E-state index in [-0.39, 0.29) is 29.6 Å². The summed E-state index contributed by atoms with van der Waals surface area (Å²) in [6.07, 6.45) is 4.36. The molecule has 5 heterocycles. The molecule has 5 rings (SSSR count). The monoisotopic (exact) mass is 540 g/mol. The number of hydrogen-bond donors (Lipinski definition) is 3. The highest BCUT2D eigenvalue weighted by Crippen LogP contribution is 2.23. The lowest BCUT2D eigenvalue weighted by Gasteiger charge is -2.14. The van der Waals surface area contributed by atoms with Crippen molar-refractivity contribution in [2.75, 3.05) is 17.7 Å². The number of pyridine rings is 3. The summed E-state index contributed by atoms with van der Waals surface area (Å²) in [5, 5.41) is 12.5. The molecule has 3 N–H and O–H groups in total. The molecule has 0 spiro atoms. The maximum absolute atomic E-state index is 13.6. The number of amides is 1. The maximum atomic E-state index is 13.6. The first-order valence-corrected chi connectivity index (χ1v) is 12.3. The minimum atomic E-state index is -0.427. The first-order chi connectivity index (χ1) is 19.3. The van der Waals surface area contributed by atoms with Gasteiger partial charge in [0.1, 0.15) is 17.3 Å². The Morgan fingerprint density at radius 1 is 0.975 bits per heavy atom. The summed E-state index contributed by atoms with van der Waals surface area (Å²) in [6.45, 7) is 5.47. The van der Waals surface area contributed by atoms with Crippen molar-refractivity contribution in [1.82, 2.24) is 40.4 Å². The second-order valence-electron chi connectivity index (χ2n) is 8.91. The topological polar surface area (TPSA) is 157 Å². The predicted octanol–water partition coefficient (Wildman–Crippen LogP) is 4.41. The average Bonchev–Trinajstić information content (AvgIpc) is 3.41. The lowest BCUT2D eigenvalue weighted by Crippen LogP contribution is -2.27. The molecule has 0 bridgehead atoms. The van der Waals surface area contributed by atoms with Gasteiger partial charge in [-0.15, -0.1) is 0 Å². The predicted molar refractivity (Wildman–Crippen MR) is 145 cm³/mol. The fourth-order valence-electron chi connectivity index (χ4n) is 3.85. The quantitative estimate of drug-likeness (QED) is 0.256. The van der Waals surface area contributed by atoms with E-state index in [9.17, 15) is 9.18 Å². The maximum Gasteiger partial charge on any atom is 0.322 e. The van der Waals surface area contributed by atoms with Gasteiger partial charge in [0.15, 0.2) is 5.82 Å². The first-order valence-electron chi connectivity index (χ1n) is 12.3. The highest BCUT2D eigenvalue weighted by atomic mass is 19.1. The largest absolute Gasteiger partial charge is 0.344 e. The normalized spacial score (nSPS) is 11.6. The smallest absolute Gasteiger partial charge is 0.322 e. The zero-order chi connectivity index (χ0) is 28.2. The van der Waals surface area contributed by atoms with Crippen LogP contribution in [0.25, 0.3) is 22.6 Å². The number of carbonyl (C=O) groups is 1. The molecule has 0 aromatic carbocycles. The number of hydrogen-bond acceptors (Lipinski definition) is 11. The molecule has 40 heavy (non-hydrogen) atoms. The molecule has 0 fully saturated rings. The van der Waals surface area contributed by atoms with Crippen molar-refractivity contribution in [2.45, 2.75) is 26.8 Å². The SMILES string of the molecule is CNc1nc(Nc2cc(C)nc(-c3ccc(C(=O)NC(C)c4ccc(-c5cc(F)cnc5C)nc4)nc3)n2)no1. The highest BCUT2D eigenvalue weighted by Gasteiger charge is 2.15. The van der Waals surface area contributed by atoms with E-state index in [1.807, 2.05) is 19.9 Å². The van der Waals surface area contributed by atoms with Crippen LogP contribution >= 0.6 is 0 Å². The Balaban J connectivity index is 1.26. The van der Waals surface area contributed by atoms with Crippen LogP contribution in [0, 0.1) is 19.7 Å². The summed E-state index contributed by atoms with van der Waals surface area (Å²) < 4.78 is 18.6. The van der Waals surface area contributed by atoms with Crippen molar-refractivity contribution in [3.63, 3.8) is 0 Å². The van der Waals surface area contributed by atoms with E-state index in [4.69, 9.17) is 4.52 Å². The van der Waals surface area contributed by atoms with E-state index in [0.29, 0.717) is 39.9 Å². The minimum Gasteiger partial charge on any atom is -0.344 e. The van der Waals surface area contributed by atoms with E-state index in [2.05, 4.69) is 51.0 Å². The number of nitrogens with one attached hydrogen (secondary N) is 3. The van der Waals surface area contributed by atoms with Crippen molar-refractivity contribution in [3.05, 3.63) is 83.5 Å². The molecule has 0 aliphatic rings. The van der Waals surface area contributed by atoms with Crippen LogP contribution < -0.4 is 16.0 Å². The van der Waals surface area contributed by atoms with E-state index < -0.39 is 5.82 Å². The molecular formula is C27H25FN10O2. The summed E-state index contributed by atoms with van der Waals surface area (Å²) in [5.74, 6) is 0.369. The molecule has 0 saturated heterocycles. The van der Waals surface area contributed by atoms with Gasteiger partial charge in [-0.05, 0) is 55.8 Å². The minimum absolute atomic E-state index is 0.235. The molecule has 0 aliphatic carbocycles. The first kappa shape index (κ1) is 26.3. The van der Waals surface area contributed by atoms with Crippen LogP contribution in [0.5, 0.6) is 0 Å². The van der Waals surface area contributed by atoms with Crippen LogP contribution in [-0.4, -0.2) is 48.0 Å². The summed E-state index contributed by atoms with van der Waals surface area (Å²) in [5.41, 5.74) is 4.25. The van der Waals surface area contributed by atoms with Crippen LogP contribution in [0.2, 0.25) is 0 Å². The van der Waals surface area contributed by atoms with Gasteiger partial charge in [-0.3, -0.25) is 19.7 Å². The van der Waals surface area contributed by atoms with Gasteiger partial charge in [0, 0.05) is 48.0 Å². The van der Waals surface area contributed by atoms with Crippen molar-refractivity contribution >= 4 is 23.7 Å². The number of aromatic nitrogens is 7. The Labute approximate surface area is 228 Å². The second kappa shape index (κ2) is 11.2. The van der Waals surface area contributed by atoms with E-state index in [1.54, 1.807) is 44.4 Å². The Bertz CT molecular complexity index is 1660. The van der Waals surface area contributed by atoms with Gasteiger partial charge in [-0.2, -0.15) is 4.98 Å². The molecule has 1 atom stereocenters. The third kappa shape index (κ3) is 5.88. The van der Waals surface area contributed by atoms with Gasteiger partial charge in [0.25, 0.3) is 11.9 Å². The van der Waals surface area contributed by atoms with Gasteiger partial charge in [0.2, 0.25) is 0 Å². The summed E-state index contributed by atoms with van der Waals surface area (Å²) in [4.78, 5) is 38.7. The molecular weight excluding hydrogens is 515 g/mol. The number of carbonyl (C=O) groups excluding carboxylic acids is 1. The lowest BCUT2D eigenvalue weighted by molar-refractivity contribution is 0.0935. The molecule has 13 heteroatoms. The molecule has 0 radical (unpaired) electrons. The Kier molecular flexibility index (Phi) is 7.35. The highest BCUT2D eigenvalue weighted by molar-refractivity contribution is 5.92. The number of nitrogens with zero attached hydrogens (tertiary/aromatic N) is 7. The molecule has 0 aliphatic heterocycles. The van der Waals surface area contributed by atoms with Gasteiger partial charge in [-0.1, -0.05) is 6.07 Å². The summed E-state index contributed by atoms with van der Waals surface area (Å²) in [7, 11) is 1.67. The molecule has 12 nitrogen and oxygen atoms in total. The van der Waals surface area contributed by atoms with E-state index >= 15 is 0 Å². The van der Waals surface area contributed by atoms with Crippen LogP contribution in [-0.2, 0) is 0 Å². The summed E-state index contributed by atoms with van der Waals surface area (Å²) in [6, 6.07) is 10.0. The van der Waals surface area contributed by atoms with Gasteiger partial charge in [-0.25, -0.2) is 14.4 Å². The standard InChI is InChI=1S/C27H25FN10O2/c1-14-9-23(36-26-37-27(29-4)40-38-26)35-24(33-14)18-6-8-22(32-12-18)25(39)34-15(2)17-5-7-21(31-11-17)20-10-19(28)13-30-16(20)3/h5-13,15H,1-4H3,(H,34,39)(H2,29,33,35,36,37,38).